The Morgan fingerprint density at radius 2 is 1.83 bits per heavy atom. The third-order valence-corrected chi connectivity index (χ3v) is 3.36. The summed E-state index contributed by atoms with van der Waals surface area (Å²) in [7, 11) is 0. The molecular formula is C17H21N5O2. The van der Waals surface area contributed by atoms with Crippen LogP contribution in [0.3, 0.4) is 0 Å². The van der Waals surface area contributed by atoms with Crippen molar-refractivity contribution in [2.75, 3.05) is 23.7 Å². The van der Waals surface area contributed by atoms with E-state index in [1.165, 1.54) is 6.92 Å². The molecule has 0 fully saturated rings. The molecule has 126 valence electrons. The number of benzene rings is 1. The van der Waals surface area contributed by atoms with Crippen molar-refractivity contribution in [3.8, 4) is 0 Å². The molecule has 0 aliphatic carbocycles. The van der Waals surface area contributed by atoms with Gasteiger partial charge in [-0.2, -0.15) is 0 Å². The quantitative estimate of drug-likeness (QED) is 0.852. The summed E-state index contributed by atoms with van der Waals surface area (Å²) in [6.45, 7) is 6.55. The lowest BCUT2D eigenvalue weighted by molar-refractivity contribution is -0.114. The maximum Gasteiger partial charge on any atom is 0.272 e. The number of carbonyl (C=O) groups excluding carboxylic acids is 2. The molecule has 0 radical (unpaired) electrons. The molecule has 0 aliphatic rings. The third-order valence-electron chi connectivity index (χ3n) is 3.36. The molecule has 2 rings (SSSR count). The number of carbonyl (C=O) groups is 2. The second-order valence-electron chi connectivity index (χ2n) is 5.13. The van der Waals surface area contributed by atoms with E-state index in [0.29, 0.717) is 36.1 Å². The number of rotatable bonds is 6. The van der Waals surface area contributed by atoms with Crippen molar-refractivity contribution in [3.63, 3.8) is 0 Å². The van der Waals surface area contributed by atoms with E-state index in [1.54, 1.807) is 35.4 Å². The van der Waals surface area contributed by atoms with Crippen molar-refractivity contribution in [1.29, 1.82) is 0 Å². The highest BCUT2D eigenvalue weighted by Gasteiger charge is 2.14. The van der Waals surface area contributed by atoms with Gasteiger partial charge in [0, 0.05) is 37.6 Å². The molecule has 0 atom stereocenters. The van der Waals surface area contributed by atoms with Gasteiger partial charge in [-0.1, -0.05) is 6.07 Å². The van der Waals surface area contributed by atoms with Crippen LogP contribution in [-0.4, -0.2) is 39.8 Å². The van der Waals surface area contributed by atoms with Gasteiger partial charge >= 0.3 is 0 Å². The van der Waals surface area contributed by atoms with Gasteiger partial charge in [-0.15, -0.1) is 0 Å². The second kappa shape index (κ2) is 8.05. The molecule has 1 aromatic carbocycles. The Labute approximate surface area is 141 Å². The minimum absolute atomic E-state index is 0.127. The first-order chi connectivity index (χ1) is 11.5. The van der Waals surface area contributed by atoms with Gasteiger partial charge in [0.25, 0.3) is 5.91 Å². The van der Waals surface area contributed by atoms with Gasteiger partial charge in [-0.3, -0.25) is 9.59 Å². The molecule has 1 heterocycles. The zero-order valence-electron chi connectivity index (χ0n) is 14.0. The van der Waals surface area contributed by atoms with Gasteiger partial charge in [0.2, 0.25) is 11.9 Å². The summed E-state index contributed by atoms with van der Waals surface area (Å²) in [5, 5.41) is 5.75. The second-order valence-corrected chi connectivity index (χ2v) is 5.13. The van der Waals surface area contributed by atoms with Gasteiger partial charge in [-0.05, 0) is 38.1 Å². The van der Waals surface area contributed by atoms with Crippen molar-refractivity contribution >= 4 is 29.1 Å². The zero-order valence-corrected chi connectivity index (χ0v) is 14.0. The predicted molar refractivity (Wildman–Crippen MR) is 93.3 cm³/mol. The number of hydrogen-bond donors (Lipinski definition) is 2. The molecule has 0 saturated carbocycles. The fraction of sp³-hybridized carbons (Fsp3) is 0.294. The lowest BCUT2D eigenvalue weighted by Gasteiger charge is -2.18. The van der Waals surface area contributed by atoms with Crippen LogP contribution in [0.4, 0.5) is 17.3 Å². The predicted octanol–water partition coefficient (Wildman–Crippen LogP) is 2.66. The molecule has 1 aromatic heterocycles. The van der Waals surface area contributed by atoms with Crippen LogP contribution in [0.5, 0.6) is 0 Å². The Morgan fingerprint density at radius 3 is 2.50 bits per heavy atom. The summed E-state index contributed by atoms with van der Waals surface area (Å²) in [5.74, 6) is 0.0562. The topological polar surface area (TPSA) is 87.2 Å². The minimum atomic E-state index is -0.143. The number of anilines is 3. The first-order valence-electron chi connectivity index (χ1n) is 7.80. The lowest BCUT2D eigenvalue weighted by Crippen LogP contribution is -2.31. The van der Waals surface area contributed by atoms with E-state index in [9.17, 15) is 9.59 Å². The molecule has 24 heavy (non-hydrogen) atoms. The Morgan fingerprint density at radius 1 is 1.12 bits per heavy atom. The number of aromatic nitrogens is 2. The molecule has 2 N–H and O–H groups in total. The fourth-order valence-corrected chi connectivity index (χ4v) is 2.22. The molecule has 0 aliphatic heterocycles. The smallest absolute Gasteiger partial charge is 0.272 e. The molecule has 2 amide bonds. The van der Waals surface area contributed by atoms with Crippen LogP contribution in [0.25, 0.3) is 0 Å². The van der Waals surface area contributed by atoms with Crippen molar-refractivity contribution in [1.82, 2.24) is 14.9 Å². The van der Waals surface area contributed by atoms with Crippen molar-refractivity contribution < 1.29 is 9.59 Å². The van der Waals surface area contributed by atoms with Crippen molar-refractivity contribution in [3.05, 3.63) is 42.2 Å². The molecule has 0 bridgehead atoms. The number of amides is 2. The minimum Gasteiger partial charge on any atom is -0.338 e. The standard InChI is InChI=1S/C17H21N5O2/c1-4-22(5-2)16(24)15-9-10-18-17(21-15)20-14-8-6-7-13(11-14)19-12(3)23/h6-11H,4-5H2,1-3H3,(H,19,23)(H,18,20,21). The Balaban J connectivity index is 2.18. The molecule has 0 spiro atoms. The van der Waals surface area contributed by atoms with Crippen LogP contribution in [0.2, 0.25) is 0 Å². The summed E-state index contributed by atoms with van der Waals surface area (Å²) >= 11 is 0. The van der Waals surface area contributed by atoms with E-state index in [-0.39, 0.29) is 11.8 Å². The summed E-state index contributed by atoms with van der Waals surface area (Å²) in [6.07, 6.45) is 1.55. The normalized spacial score (nSPS) is 10.1. The Hall–Kier alpha value is -2.96. The Bertz CT molecular complexity index is 728. The maximum atomic E-state index is 12.3. The highest BCUT2D eigenvalue weighted by Crippen LogP contribution is 2.18. The largest absolute Gasteiger partial charge is 0.338 e. The summed E-state index contributed by atoms with van der Waals surface area (Å²) < 4.78 is 0. The van der Waals surface area contributed by atoms with Gasteiger partial charge in [0.05, 0.1) is 0 Å². The first kappa shape index (κ1) is 17.4. The average Bonchev–Trinajstić information content (AvgIpc) is 2.56. The van der Waals surface area contributed by atoms with E-state index in [4.69, 9.17) is 0 Å². The number of hydrogen-bond acceptors (Lipinski definition) is 5. The van der Waals surface area contributed by atoms with Gasteiger partial charge < -0.3 is 15.5 Å². The summed E-state index contributed by atoms with van der Waals surface area (Å²) in [5.41, 5.74) is 1.73. The van der Waals surface area contributed by atoms with Crippen molar-refractivity contribution in [2.24, 2.45) is 0 Å². The highest BCUT2D eigenvalue weighted by molar-refractivity contribution is 5.92. The first-order valence-corrected chi connectivity index (χ1v) is 7.80. The van der Waals surface area contributed by atoms with Crippen LogP contribution in [0.1, 0.15) is 31.3 Å². The molecule has 7 nitrogen and oxygen atoms in total. The molecule has 0 saturated heterocycles. The van der Waals surface area contributed by atoms with Crippen LogP contribution in [0.15, 0.2) is 36.5 Å². The van der Waals surface area contributed by atoms with E-state index in [1.807, 2.05) is 19.9 Å². The van der Waals surface area contributed by atoms with E-state index in [0.717, 1.165) is 0 Å². The van der Waals surface area contributed by atoms with Crippen LogP contribution in [0, 0.1) is 0 Å². The van der Waals surface area contributed by atoms with Crippen molar-refractivity contribution in [2.45, 2.75) is 20.8 Å². The van der Waals surface area contributed by atoms with E-state index >= 15 is 0 Å². The maximum absolute atomic E-state index is 12.3. The van der Waals surface area contributed by atoms with Gasteiger partial charge in [0.1, 0.15) is 5.69 Å². The number of nitrogens with one attached hydrogen (secondary N) is 2. The average molecular weight is 327 g/mol. The molecule has 0 unspecified atom stereocenters. The molecule has 7 heteroatoms. The van der Waals surface area contributed by atoms with Gasteiger partial charge in [0.15, 0.2) is 0 Å². The summed E-state index contributed by atoms with van der Waals surface area (Å²) in [6, 6.07) is 8.78. The third kappa shape index (κ3) is 4.52. The molecular weight excluding hydrogens is 306 g/mol. The summed E-state index contributed by atoms with van der Waals surface area (Å²) in [4.78, 5) is 33.6. The van der Waals surface area contributed by atoms with Crippen LogP contribution in [-0.2, 0) is 4.79 Å². The van der Waals surface area contributed by atoms with E-state index in [2.05, 4.69) is 20.6 Å². The SMILES string of the molecule is CCN(CC)C(=O)c1ccnc(Nc2cccc(NC(C)=O)c2)n1. The Kier molecular flexibility index (Phi) is 5.83. The fourth-order valence-electron chi connectivity index (χ4n) is 2.22. The van der Waals surface area contributed by atoms with Gasteiger partial charge in [-0.25, -0.2) is 9.97 Å². The number of nitrogens with zero attached hydrogens (tertiary/aromatic N) is 3. The zero-order chi connectivity index (χ0) is 17.5. The van der Waals surface area contributed by atoms with E-state index < -0.39 is 0 Å². The van der Waals surface area contributed by atoms with Crippen LogP contribution < -0.4 is 10.6 Å². The lowest BCUT2D eigenvalue weighted by atomic mass is 10.2. The molecule has 2 aromatic rings. The van der Waals surface area contributed by atoms with Crippen LogP contribution >= 0.6 is 0 Å². The highest BCUT2D eigenvalue weighted by atomic mass is 16.2. The monoisotopic (exact) mass is 327 g/mol.